The second-order valence-electron chi connectivity index (χ2n) is 4.59. The number of carboxylic acids is 1. The van der Waals surface area contributed by atoms with E-state index in [1.807, 2.05) is 0 Å². The van der Waals surface area contributed by atoms with Gasteiger partial charge in [0.2, 0.25) is 0 Å². The van der Waals surface area contributed by atoms with Gasteiger partial charge in [-0.1, -0.05) is 0 Å². The molecular formula is C12H15N3O4. The molecule has 0 bridgehead atoms. The van der Waals surface area contributed by atoms with Crippen molar-refractivity contribution in [2.24, 2.45) is 5.73 Å². The highest BCUT2D eigenvalue weighted by Crippen LogP contribution is 2.28. The monoisotopic (exact) mass is 265 g/mol. The molecule has 0 aromatic carbocycles. The molecule has 1 amide bonds. The molecule has 1 aliphatic heterocycles. The minimum Gasteiger partial charge on any atom is -0.480 e. The molecule has 2 unspecified atom stereocenters. The third kappa shape index (κ3) is 2.37. The van der Waals surface area contributed by atoms with E-state index in [9.17, 15) is 14.7 Å². The van der Waals surface area contributed by atoms with Gasteiger partial charge in [0, 0.05) is 19.2 Å². The van der Waals surface area contributed by atoms with Gasteiger partial charge in [0.1, 0.15) is 11.9 Å². The number of nitrogens with two attached hydrogens (primary N) is 1. The molecule has 1 fully saturated rings. The summed E-state index contributed by atoms with van der Waals surface area (Å²) in [7, 11) is 0. The Balaban J connectivity index is 2.49. The summed E-state index contributed by atoms with van der Waals surface area (Å²) < 4.78 is 0. The molecule has 0 spiro atoms. The molecule has 0 aliphatic carbocycles. The minimum absolute atomic E-state index is 0.100. The highest BCUT2D eigenvalue weighted by molar-refractivity contribution is 5.99. The normalized spacial score (nSPS) is 22.5. The van der Waals surface area contributed by atoms with Crippen LogP contribution in [0, 0.1) is 6.92 Å². The fourth-order valence-corrected chi connectivity index (χ4v) is 2.35. The van der Waals surface area contributed by atoms with Gasteiger partial charge >= 0.3 is 5.97 Å². The molecule has 102 valence electrons. The van der Waals surface area contributed by atoms with Gasteiger partial charge in [0.05, 0.1) is 11.7 Å². The van der Waals surface area contributed by atoms with Gasteiger partial charge in [0.15, 0.2) is 0 Å². The van der Waals surface area contributed by atoms with Gasteiger partial charge in [-0.2, -0.15) is 0 Å². The molecule has 4 N–H and O–H groups in total. The van der Waals surface area contributed by atoms with Crippen molar-refractivity contribution in [1.29, 1.82) is 0 Å². The van der Waals surface area contributed by atoms with Crippen LogP contribution < -0.4 is 10.6 Å². The maximum atomic E-state index is 11.5. The first-order chi connectivity index (χ1) is 8.91. The van der Waals surface area contributed by atoms with E-state index in [0.717, 1.165) is 0 Å². The molecule has 7 heteroatoms. The first kappa shape index (κ1) is 13.3. The molecule has 0 saturated carbocycles. The second-order valence-corrected chi connectivity index (χ2v) is 4.59. The number of carbonyl (C=O) groups is 2. The zero-order valence-electron chi connectivity index (χ0n) is 10.4. The standard InChI is InChI=1S/C12H15N3O4/c1-6-2-3-14-11(9(6)10(13)17)15-5-7(16)4-8(15)12(18)19/h2-3,7-8,16H,4-5H2,1H3,(H2,13,17)(H,18,19). The molecule has 1 aromatic rings. The highest BCUT2D eigenvalue weighted by Gasteiger charge is 2.38. The lowest BCUT2D eigenvalue weighted by Crippen LogP contribution is -2.38. The number of carboxylic acid groups (broad SMARTS) is 1. The number of anilines is 1. The summed E-state index contributed by atoms with van der Waals surface area (Å²) in [5.41, 5.74) is 6.15. The fraction of sp³-hybridized carbons (Fsp3) is 0.417. The Labute approximate surface area is 109 Å². The van der Waals surface area contributed by atoms with Gasteiger partial charge in [-0.25, -0.2) is 9.78 Å². The van der Waals surface area contributed by atoms with Crippen LogP contribution in [0.15, 0.2) is 12.3 Å². The van der Waals surface area contributed by atoms with E-state index in [2.05, 4.69) is 4.98 Å². The Morgan fingerprint density at radius 2 is 2.21 bits per heavy atom. The molecule has 1 aromatic heterocycles. The quantitative estimate of drug-likeness (QED) is 0.679. The summed E-state index contributed by atoms with van der Waals surface area (Å²) in [4.78, 5) is 28.2. The van der Waals surface area contributed by atoms with E-state index in [-0.39, 0.29) is 24.3 Å². The number of rotatable bonds is 3. The van der Waals surface area contributed by atoms with E-state index in [0.29, 0.717) is 5.56 Å². The molecule has 2 heterocycles. The van der Waals surface area contributed by atoms with E-state index in [1.165, 1.54) is 11.1 Å². The van der Waals surface area contributed by atoms with E-state index in [1.54, 1.807) is 13.0 Å². The van der Waals surface area contributed by atoms with Gasteiger partial charge < -0.3 is 20.8 Å². The van der Waals surface area contributed by atoms with Gasteiger partial charge in [0.25, 0.3) is 5.91 Å². The third-order valence-electron chi connectivity index (χ3n) is 3.22. The van der Waals surface area contributed by atoms with Gasteiger partial charge in [-0.05, 0) is 18.6 Å². The number of aliphatic hydroxyl groups excluding tert-OH is 1. The molecule has 2 atom stereocenters. The number of pyridine rings is 1. The van der Waals surface area contributed by atoms with Crippen molar-refractivity contribution in [3.05, 3.63) is 23.4 Å². The van der Waals surface area contributed by atoms with Crippen molar-refractivity contribution >= 4 is 17.7 Å². The maximum Gasteiger partial charge on any atom is 0.326 e. The summed E-state index contributed by atoms with van der Waals surface area (Å²) in [6.07, 6.45) is 0.827. The van der Waals surface area contributed by atoms with Crippen molar-refractivity contribution < 1.29 is 19.8 Å². The predicted molar refractivity (Wildman–Crippen MR) is 66.9 cm³/mol. The summed E-state index contributed by atoms with van der Waals surface area (Å²) in [5.74, 6) is -1.50. The predicted octanol–water partition coefficient (Wildman–Crippen LogP) is -0.487. The van der Waals surface area contributed by atoms with Crippen LogP contribution >= 0.6 is 0 Å². The maximum absolute atomic E-state index is 11.5. The fourth-order valence-electron chi connectivity index (χ4n) is 2.35. The SMILES string of the molecule is Cc1ccnc(N2CC(O)CC2C(=O)O)c1C(N)=O. The Morgan fingerprint density at radius 3 is 2.79 bits per heavy atom. The van der Waals surface area contributed by atoms with Crippen LogP contribution in [0.5, 0.6) is 0 Å². The number of amides is 1. The third-order valence-corrected chi connectivity index (χ3v) is 3.22. The number of hydrogen-bond acceptors (Lipinski definition) is 5. The smallest absolute Gasteiger partial charge is 0.326 e. The van der Waals surface area contributed by atoms with Crippen LogP contribution in [0.25, 0.3) is 0 Å². The van der Waals surface area contributed by atoms with Gasteiger partial charge in [-0.15, -0.1) is 0 Å². The number of nitrogens with zero attached hydrogens (tertiary/aromatic N) is 2. The number of aromatic nitrogens is 1. The van der Waals surface area contributed by atoms with Crippen LogP contribution in [0.3, 0.4) is 0 Å². The van der Waals surface area contributed by atoms with Crippen molar-refractivity contribution in [2.45, 2.75) is 25.5 Å². The number of hydrogen-bond donors (Lipinski definition) is 3. The number of β-amino-alcohol motifs (C(OH)–C–C–N with tert-alkyl or cyclic N) is 1. The average molecular weight is 265 g/mol. The van der Waals surface area contributed by atoms with Crippen LogP contribution in [-0.2, 0) is 4.79 Å². The van der Waals surface area contributed by atoms with Gasteiger partial charge in [-0.3, -0.25) is 4.79 Å². The Kier molecular flexibility index (Phi) is 3.39. The molecule has 2 rings (SSSR count). The van der Waals surface area contributed by atoms with Crippen molar-refractivity contribution in [1.82, 2.24) is 4.98 Å². The zero-order chi connectivity index (χ0) is 14.2. The molecule has 1 saturated heterocycles. The minimum atomic E-state index is -1.06. The van der Waals surface area contributed by atoms with Crippen LogP contribution in [0.2, 0.25) is 0 Å². The zero-order valence-corrected chi connectivity index (χ0v) is 10.4. The molecule has 0 radical (unpaired) electrons. The number of aryl methyl sites for hydroxylation is 1. The molecule has 7 nitrogen and oxygen atoms in total. The van der Waals surface area contributed by atoms with Crippen LogP contribution in [-0.4, -0.2) is 45.8 Å². The summed E-state index contributed by atoms with van der Waals surface area (Å²) in [6.45, 7) is 1.82. The number of aliphatic hydroxyl groups is 1. The number of carbonyl (C=O) groups excluding carboxylic acids is 1. The van der Waals surface area contributed by atoms with Crippen molar-refractivity contribution in [2.75, 3.05) is 11.4 Å². The Morgan fingerprint density at radius 1 is 1.53 bits per heavy atom. The van der Waals surface area contributed by atoms with Crippen LogP contribution in [0.4, 0.5) is 5.82 Å². The first-order valence-corrected chi connectivity index (χ1v) is 5.84. The van der Waals surface area contributed by atoms with E-state index in [4.69, 9.17) is 10.8 Å². The topological polar surface area (TPSA) is 117 Å². The molecular weight excluding hydrogens is 250 g/mol. The molecule has 1 aliphatic rings. The Bertz CT molecular complexity index is 532. The first-order valence-electron chi connectivity index (χ1n) is 5.84. The van der Waals surface area contributed by atoms with Crippen molar-refractivity contribution in [3.8, 4) is 0 Å². The summed E-state index contributed by atoms with van der Waals surface area (Å²) in [5, 5.41) is 18.8. The highest BCUT2D eigenvalue weighted by atomic mass is 16.4. The molecule has 19 heavy (non-hydrogen) atoms. The van der Waals surface area contributed by atoms with Crippen LogP contribution in [0.1, 0.15) is 22.3 Å². The second kappa shape index (κ2) is 4.85. The summed E-state index contributed by atoms with van der Waals surface area (Å²) >= 11 is 0. The van der Waals surface area contributed by atoms with Crippen molar-refractivity contribution in [3.63, 3.8) is 0 Å². The summed E-state index contributed by atoms with van der Waals surface area (Å²) in [6, 6.07) is 0.730. The Hall–Kier alpha value is -2.15. The lowest BCUT2D eigenvalue weighted by Gasteiger charge is -2.24. The largest absolute Gasteiger partial charge is 0.480 e. The number of aliphatic carboxylic acids is 1. The lowest BCUT2D eigenvalue weighted by atomic mass is 10.1. The van der Waals surface area contributed by atoms with E-state index < -0.39 is 24.0 Å². The number of primary amides is 1. The lowest BCUT2D eigenvalue weighted by molar-refractivity contribution is -0.138. The average Bonchev–Trinajstić information content (AvgIpc) is 2.70. The van der Waals surface area contributed by atoms with E-state index >= 15 is 0 Å².